The first-order valence-corrected chi connectivity index (χ1v) is 4.42. The highest BCUT2D eigenvalue weighted by Gasteiger charge is 2.06. The monoisotopic (exact) mass is 183 g/mol. The van der Waals surface area contributed by atoms with Crippen LogP contribution in [0.4, 0.5) is 4.79 Å². The van der Waals surface area contributed by atoms with Crippen molar-refractivity contribution in [2.75, 3.05) is 12.5 Å². The van der Waals surface area contributed by atoms with Crippen LogP contribution in [-0.4, -0.2) is 31.5 Å². The minimum Gasteiger partial charge on any atom is -0.450 e. The van der Waals surface area contributed by atoms with Gasteiger partial charge in [-0.15, -0.1) is 0 Å². The van der Waals surface area contributed by atoms with Crippen LogP contribution in [0.25, 0.3) is 0 Å². The fraction of sp³-hybridized carbons (Fsp3) is 0.750. The van der Waals surface area contributed by atoms with Gasteiger partial charge < -0.3 is 10.1 Å². The molecule has 0 aliphatic carbocycles. The fourth-order valence-electron chi connectivity index (χ4n) is 0.332. The Balaban J connectivity index is 3.64. The molecule has 0 heterocycles. The van der Waals surface area contributed by atoms with E-state index >= 15 is 0 Å². The van der Waals surface area contributed by atoms with E-state index in [1.807, 2.05) is 5.32 Å². The average Bonchev–Trinajstić information content (AvgIpc) is 1.83. The maximum Gasteiger partial charge on any atom is 0.408 e. The van der Waals surface area contributed by atoms with Crippen molar-refractivity contribution in [3.63, 3.8) is 0 Å². The van der Waals surface area contributed by atoms with Gasteiger partial charge in [0, 0.05) is 0 Å². The zero-order valence-electron chi connectivity index (χ0n) is 5.90. The van der Waals surface area contributed by atoms with Gasteiger partial charge in [-0.2, -0.15) is 8.42 Å². The number of rotatable bonds is 3. The number of carbonyl (C=O) groups is 1. The predicted molar refractivity (Wildman–Crippen MR) is 36.6 cm³/mol. The van der Waals surface area contributed by atoms with Gasteiger partial charge in [0.1, 0.15) is 5.88 Å². The summed E-state index contributed by atoms with van der Waals surface area (Å²) in [5, 5.41) is 1.82. The zero-order chi connectivity index (χ0) is 8.91. The normalized spacial score (nSPS) is 10.7. The summed E-state index contributed by atoms with van der Waals surface area (Å²) in [6.07, 6.45) is -0.870. The fourth-order valence-corrected chi connectivity index (χ4v) is 0.633. The Labute approximate surface area is 64.3 Å². The molecule has 0 aromatic rings. The molecule has 0 radical (unpaired) electrons. The van der Waals surface area contributed by atoms with Crippen molar-refractivity contribution in [2.24, 2.45) is 0 Å². The van der Waals surface area contributed by atoms with E-state index < -0.39 is 22.1 Å². The molecule has 0 fully saturated rings. The first-order chi connectivity index (χ1) is 4.95. The maximum atomic E-state index is 10.4. The standard InChI is InChI=1S/C4H9NO5S/c1-2-10-4(6)5-3-11(7,8)9/h2-3H2,1H3,(H,5,6)(H,7,8,9). The van der Waals surface area contributed by atoms with Crippen LogP contribution >= 0.6 is 0 Å². The van der Waals surface area contributed by atoms with Crippen LogP contribution in [-0.2, 0) is 14.9 Å². The smallest absolute Gasteiger partial charge is 0.408 e. The molecule has 0 saturated heterocycles. The Bertz CT molecular complexity index is 221. The molecule has 0 aromatic heterocycles. The minimum absolute atomic E-state index is 0.150. The topological polar surface area (TPSA) is 92.7 Å². The van der Waals surface area contributed by atoms with Crippen LogP contribution in [0.1, 0.15) is 6.92 Å². The third kappa shape index (κ3) is 7.07. The number of amides is 1. The number of hydrogen-bond acceptors (Lipinski definition) is 4. The quantitative estimate of drug-likeness (QED) is 0.579. The van der Waals surface area contributed by atoms with E-state index in [0.29, 0.717) is 0 Å². The van der Waals surface area contributed by atoms with Crippen molar-refractivity contribution in [3.05, 3.63) is 0 Å². The average molecular weight is 183 g/mol. The third-order valence-corrected chi connectivity index (χ3v) is 1.18. The lowest BCUT2D eigenvalue weighted by Crippen LogP contribution is -2.29. The molecular formula is C4H9NO5S. The summed E-state index contributed by atoms with van der Waals surface area (Å²) in [6, 6.07) is 0. The number of alkyl carbamates (subject to hydrolysis) is 1. The van der Waals surface area contributed by atoms with Crippen LogP contribution in [0.3, 0.4) is 0 Å². The summed E-state index contributed by atoms with van der Waals surface area (Å²) in [5.74, 6) is -0.828. The molecule has 0 aliphatic rings. The number of carbonyl (C=O) groups excluding carboxylic acids is 1. The molecule has 0 bridgehead atoms. The molecule has 0 rings (SSSR count). The van der Waals surface area contributed by atoms with Gasteiger partial charge in [-0.05, 0) is 6.92 Å². The van der Waals surface area contributed by atoms with Crippen molar-refractivity contribution < 1.29 is 22.5 Å². The van der Waals surface area contributed by atoms with Gasteiger partial charge in [-0.25, -0.2) is 4.79 Å². The Hall–Kier alpha value is -0.820. The van der Waals surface area contributed by atoms with E-state index in [9.17, 15) is 13.2 Å². The van der Waals surface area contributed by atoms with Crippen molar-refractivity contribution in [1.82, 2.24) is 5.32 Å². The lowest BCUT2D eigenvalue weighted by Gasteiger charge is -2.01. The van der Waals surface area contributed by atoms with E-state index in [0.717, 1.165) is 0 Å². The second kappa shape index (κ2) is 4.14. The van der Waals surface area contributed by atoms with E-state index in [1.54, 1.807) is 6.92 Å². The van der Waals surface area contributed by atoms with Crippen LogP contribution in [0.5, 0.6) is 0 Å². The molecule has 11 heavy (non-hydrogen) atoms. The summed E-state index contributed by atoms with van der Waals surface area (Å²) < 4.78 is 32.5. The van der Waals surface area contributed by atoms with Crippen LogP contribution in [0.2, 0.25) is 0 Å². The van der Waals surface area contributed by atoms with Crippen LogP contribution < -0.4 is 5.32 Å². The van der Waals surface area contributed by atoms with E-state index in [1.165, 1.54) is 0 Å². The Morgan fingerprint density at radius 2 is 2.18 bits per heavy atom. The van der Waals surface area contributed by atoms with Crippen molar-refractivity contribution in [1.29, 1.82) is 0 Å². The molecule has 66 valence electrons. The largest absolute Gasteiger partial charge is 0.450 e. The SMILES string of the molecule is CCOC(=O)NCS(=O)(=O)O. The highest BCUT2D eigenvalue weighted by Crippen LogP contribution is 1.79. The Kier molecular flexibility index (Phi) is 3.83. The molecule has 0 atom stereocenters. The van der Waals surface area contributed by atoms with Crippen LogP contribution in [0.15, 0.2) is 0 Å². The van der Waals surface area contributed by atoms with Gasteiger partial charge in [0.15, 0.2) is 0 Å². The zero-order valence-corrected chi connectivity index (χ0v) is 6.72. The molecule has 2 N–H and O–H groups in total. The van der Waals surface area contributed by atoms with Crippen molar-refractivity contribution >= 4 is 16.2 Å². The molecule has 0 saturated carbocycles. The molecule has 0 aliphatic heterocycles. The van der Waals surface area contributed by atoms with Gasteiger partial charge in [0.25, 0.3) is 10.1 Å². The maximum absolute atomic E-state index is 10.4. The van der Waals surface area contributed by atoms with E-state index in [2.05, 4.69) is 4.74 Å². The Morgan fingerprint density at radius 1 is 1.64 bits per heavy atom. The highest BCUT2D eigenvalue weighted by molar-refractivity contribution is 7.85. The highest BCUT2D eigenvalue weighted by atomic mass is 32.2. The summed E-state index contributed by atoms with van der Waals surface area (Å²) in [6.45, 7) is 1.73. The summed E-state index contributed by atoms with van der Waals surface area (Å²) in [7, 11) is -4.15. The van der Waals surface area contributed by atoms with Crippen molar-refractivity contribution in [3.8, 4) is 0 Å². The summed E-state index contributed by atoms with van der Waals surface area (Å²) in [5.41, 5.74) is 0. The van der Waals surface area contributed by atoms with E-state index in [-0.39, 0.29) is 6.61 Å². The predicted octanol–water partition coefficient (Wildman–Crippen LogP) is -0.422. The molecule has 7 heteroatoms. The summed E-state index contributed by atoms with van der Waals surface area (Å²) >= 11 is 0. The number of ether oxygens (including phenoxy) is 1. The molecule has 0 unspecified atom stereocenters. The third-order valence-electron chi connectivity index (χ3n) is 0.674. The molecular weight excluding hydrogens is 174 g/mol. The molecule has 0 aromatic carbocycles. The van der Waals surface area contributed by atoms with Crippen molar-refractivity contribution in [2.45, 2.75) is 6.92 Å². The molecule has 1 amide bonds. The minimum atomic E-state index is -4.15. The van der Waals surface area contributed by atoms with Crippen LogP contribution in [0, 0.1) is 0 Å². The second-order valence-electron chi connectivity index (χ2n) is 1.62. The summed E-state index contributed by atoms with van der Waals surface area (Å²) in [4.78, 5) is 10.4. The van der Waals surface area contributed by atoms with Gasteiger partial charge >= 0.3 is 6.09 Å². The van der Waals surface area contributed by atoms with E-state index in [4.69, 9.17) is 4.55 Å². The number of nitrogens with one attached hydrogen (secondary N) is 1. The number of hydrogen-bond donors (Lipinski definition) is 2. The van der Waals surface area contributed by atoms with Gasteiger partial charge in [-0.1, -0.05) is 0 Å². The van der Waals surface area contributed by atoms with Gasteiger partial charge in [-0.3, -0.25) is 4.55 Å². The Morgan fingerprint density at radius 3 is 2.55 bits per heavy atom. The lowest BCUT2D eigenvalue weighted by molar-refractivity contribution is 0.153. The van der Waals surface area contributed by atoms with Gasteiger partial charge in [0.05, 0.1) is 6.61 Å². The second-order valence-corrected chi connectivity index (χ2v) is 3.08. The first-order valence-electron chi connectivity index (χ1n) is 2.81. The molecule has 0 spiro atoms. The molecule has 6 nitrogen and oxygen atoms in total. The lowest BCUT2D eigenvalue weighted by atomic mass is 10.9. The van der Waals surface area contributed by atoms with Gasteiger partial charge in [0.2, 0.25) is 0 Å². The first kappa shape index (κ1) is 10.2.